The van der Waals surface area contributed by atoms with Gasteiger partial charge in [0.2, 0.25) is 0 Å². The monoisotopic (exact) mass is 760 g/mol. The SMILES string of the molecule is CC/C=C\C/C=C\C/C=C\CCCCCCOCC(COP(=O)(O)OC1C(O)C(O)C(O)C(O)C1O)OC(=O)CCCCCCC/C=C\CCCC. The zero-order valence-electron chi connectivity index (χ0n) is 31.6. The molecule has 0 amide bonds. The number of phosphoric ester groups is 1. The van der Waals surface area contributed by atoms with Gasteiger partial charge in [-0.05, 0) is 64.2 Å². The average Bonchev–Trinajstić information content (AvgIpc) is 3.12. The molecule has 13 heteroatoms. The minimum absolute atomic E-state index is 0.0969. The van der Waals surface area contributed by atoms with E-state index in [1.807, 2.05) is 0 Å². The van der Waals surface area contributed by atoms with Crippen molar-refractivity contribution in [3.8, 4) is 0 Å². The van der Waals surface area contributed by atoms with Gasteiger partial charge in [-0.15, -0.1) is 0 Å². The molecule has 0 spiro atoms. The first-order valence-corrected chi connectivity index (χ1v) is 21.0. The number of aliphatic hydroxyl groups excluding tert-OH is 5. The second-order valence-corrected chi connectivity index (χ2v) is 14.8. The molecular formula is C39H69O12P. The van der Waals surface area contributed by atoms with E-state index >= 15 is 0 Å². The first kappa shape index (κ1) is 48.3. The van der Waals surface area contributed by atoms with Crippen LogP contribution in [-0.4, -0.2) is 98.9 Å². The molecule has 1 aliphatic rings. The van der Waals surface area contributed by atoms with Crippen molar-refractivity contribution in [2.45, 2.75) is 172 Å². The number of carbonyl (C=O) groups excluding carboxylic acids is 1. The summed E-state index contributed by atoms with van der Waals surface area (Å²) in [5, 5.41) is 49.9. The summed E-state index contributed by atoms with van der Waals surface area (Å²) in [7, 11) is -5.02. The number of unbranched alkanes of at least 4 members (excludes halogenated alkanes) is 11. The van der Waals surface area contributed by atoms with E-state index in [1.54, 1.807) is 0 Å². The quantitative estimate of drug-likeness (QED) is 0.0194. The van der Waals surface area contributed by atoms with E-state index in [1.165, 1.54) is 12.8 Å². The largest absolute Gasteiger partial charge is 0.472 e. The molecule has 0 aromatic heterocycles. The van der Waals surface area contributed by atoms with Crippen LogP contribution in [0.1, 0.15) is 129 Å². The predicted molar refractivity (Wildman–Crippen MR) is 202 cm³/mol. The van der Waals surface area contributed by atoms with Crippen LogP contribution >= 0.6 is 7.82 Å². The summed E-state index contributed by atoms with van der Waals surface area (Å²) in [4.78, 5) is 23.0. The maximum atomic E-state index is 12.7. The maximum absolute atomic E-state index is 12.7. The Labute approximate surface area is 312 Å². The molecule has 6 unspecified atom stereocenters. The van der Waals surface area contributed by atoms with Gasteiger partial charge in [-0.25, -0.2) is 4.57 Å². The van der Waals surface area contributed by atoms with Crippen molar-refractivity contribution in [3.63, 3.8) is 0 Å². The summed E-state index contributed by atoms with van der Waals surface area (Å²) in [5.74, 6) is -0.500. The van der Waals surface area contributed by atoms with Gasteiger partial charge in [-0.3, -0.25) is 13.8 Å². The van der Waals surface area contributed by atoms with Gasteiger partial charge in [0.15, 0.2) is 0 Å². The van der Waals surface area contributed by atoms with Crippen LogP contribution in [0.2, 0.25) is 0 Å². The summed E-state index contributed by atoms with van der Waals surface area (Å²) in [5.41, 5.74) is 0. The highest BCUT2D eigenvalue weighted by atomic mass is 31.2. The highest BCUT2D eigenvalue weighted by Gasteiger charge is 2.51. The van der Waals surface area contributed by atoms with E-state index in [4.69, 9.17) is 18.5 Å². The Kier molecular flexibility index (Phi) is 28.4. The van der Waals surface area contributed by atoms with Gasteiger partial charge in [0.05, 0.1) is 13.2 Å². The van der Waals surface area contributed by atoms with Crippen LogP contribution in [0.4, 0.5) is 0 Å². The van der Waals surface area contributed by atoms with Crippen LogP contribution in [0.15, 0.2) is 48.6 Å². The molecule has 6 atom stereocenters. The first-order chi connectivity index (χ1) is 25.0. The molecule has 1 aliphatic carbocycles. The zero-order valence-corrected chi connectivity index (χ0v) is 32.5. The smallest absolute Gasteiger partial charge is 0.457 e. The van der Waals surface area contributed by atoms with Gasteiger partial charge in [0, 0.05) is 13.0 Å². The normalized spacial score (nSPS) is 24.4. The van der Waals surface area contributed by atoms with E-state index < -0.39 is 63.1 Å². The third kappa shape index (κ3) is 23.2. The lowest BCUT2D eigenvalue weighted by Crippen LogP contribution is -2.64. The van der Waals surface area contributed by atoms with Gasteiger partial charge < -0.3 is 39.9 Å². The Morgan fingerprint density at radius 3 is 1.75 bits per heavy atom. The van der Waals surface area contributed by atoms with Gasteiger partial charge in [-0.1, -0.05) is 107 Å². The molecule has 0 aromatic carbocycles. The van der Waals surface area contributed by atoms with E-state index in [0.29, 0.717) is 13.0 Å². The maximum Gasteiger partial charge on any atom is 0.472 e. The molecule has 52 heavy (non-hydrogen) atoms. The van der Waals surface area contributed by atoms with Gasteiger partial charge in [0.1, 0.15) is 42.7 Å². The number of ether oxygens (including phenoxy) is 2. The van der Waals surface area contributed by atoms with Crippen LogP contribution < -0.4 is 0 Å². The summed E-state index contributed by atoms with van der Waals surface area (Å²) in [6, 6.07) is 0. The Balaban J connectivity index is 2.50. The molecule has 0 aromatic rings. The van der Waals surface area contributed by atoms with Gasteiger partial charge in [0.25, 0.3) is 0 Å². The zero-order chi connectivity index (χ0) is 38.5. The molecule has 1 saturated carbocycles. The average molecular weight is 761 g/mol. The highest BCUT2D eigenvalue weighted by molar-refractivity contribution is 7.47. The van der Waals surface area contributed by atoms with Crippen LogP contribution in [0, 0.1) is 0 Å². The van der Waals surface area contributed by atoms with Crippen molar-refractivity contribution in [3.05, 3.63) is 48.6 Å². The van der Waals surface area contributed by atoms with Crippen molar-refractivity contribution >= 4 is 13.8 Å². The number of hydrogen-bond donors (Lipinski definition) is 6. The number of phosphoric acid groups is 1. The van der Waals surface area contributed by atoms with Crippen molar-refractivity contribution in [1.82, 2.24) is 0 Å². The third-order valence-corrected chi connectivity index (χ3v) is 9.67. The summed E-state index contributed by atoms with van der Waals surface area (Å²) in [6.45, 7) is 4.00. The Bertz CT molecular complexity index is 1050. The molecule has 0 aliphatic heterocycles. The van der Waals surface area contributed by atoms with Crippen molar-refractivity contribution in [1.29, 1.82) is 0 Å². The molecule has 0 radical (unpaired) electrons. The number of rotatable bonds is 31. The molecule has 302 valence electrons. The lowest BCUT2D eigenvalue weighted by molar-refractivity contribution is -0.220. The lowest BCUT2D eigenvalue weighted by Gasteiger charge is -2.41. The molecule has 0 saturated heterocycles. The van der Waals surface area contributed by atoms with E-state index in [2.05, 4.69) is 62.5 Å². The van der Waals surface area contributed by atoms with E-state index in [0.717, 1.165) is 89.9 Å². The van der Waals surface area contributed by atoms with E-state index in [9.17, 15) is 39.8 Å². The molecule has 0 heterocycles. The molecule has 12 nitrogen and oxygen atoms in total. The van der Waals surface area contributed by atoms with Crippen LogP contribution in [0.5, 0.6) is 0 Å². The summed E-state index contributed by atoms with van der Waals surface area (Å²) < 4.78 is 33.9. The molecule has 1 fully saturated rings. The van der Waals surface area contributed by atoms with Crippen molar-refractivity contribution < 1.29 is 58.3 Å². The summed E-state index contributed by atoms with van der Waals surface area (Å²) in [6.07, 6.45) is 22.0. The lowest BCUT2D eigenvalue weighted by atomic mass is 9.85. The minimum atomic E-state index is -5.02. The predicted octanol–water partition coefficient (Wildman–Crippen LogP) is 6.52. The minimum Gasteiger partial charge on any atom is -0.457 e. The number of hydrogen-bond acceptors (Lipinski definition) is 11. The Morgan fingerprint density at radius 1 is 0.635 bits per heavy atom. The molecule has 0 bridgehead atoms. The Morgan fingerprint density at radius 2 is 1.13 bits per heavy atom. The molecule has 6 N–H and O–H groups in total. The molecular weight excluding hydrogens is 691 g/mol. The number of allylic oxidation sites excluding steroid dienone is 8. The number of carbonyl (C=O) groups is 1. The second-order valence-electron chi connectivity index (χ2n) is 13.4. The van der Waals surface area contributed by atoms with E-state index in [-0.39, 0.29) is 13.0 Å². The van der Waals surface area contributed by atoms with Crippen LogP contribution in [-0.2, 0) is 27.9 Å². The molecule has 1 rings (SSSR count). The third-order valence-electron chi connectivity index (χ3n) is 8.69. The Hall–Kier alpha value is -1.70. The fourth-order valence-electron chi connectivity index (χ4n) is 5.52. The van der Waals surface area contributed by atoms with Gasteiger partial charge >= 0.3 is 13.8 Å². The second kappa shape index (κ2) is 30.6. The number of aliphatic hydroxyl groups is 5. The highest BCUT2D eigenvalue weighted by Crippen LogP contribution is 2.47. The van der Waals surface area contributed by atoms with Crippen molar-refractivity contribution in [2.75, 3.05) is 19.8 Å². The first-order valence-electron chi connectivity index (χ1n) is 19.5. The number of esters is 1. The van der Waals surface area contributed by atoms with Crippen molar-refractivity contribution in [2.24, 2.45) is 0 Å². The standard InChI is InChI=1S/C39H69O12P/c1-3-5-7-9-11-13-15-16-17-19-21-23-25-27-29-48-30-32(50-33(40)28-26-24-22-20-18-14-12-10-8-6-4-2)31-49-52(46,47)51-39-37(44)35(42)34(41)36(43)38(39)45/h5,7,10-13,16-17,32,34-39,41-45H,3-4,6,8-9,14-15,18-31H2,1-2H3,(H,46,47)/b7-5-,12-10-,13-11-,17-16-. The van der Waals surface area contributed by atoms with Crippen LogP contribution in [0.3, 0.4) is 0 Å². The topological polar surface area (TPSA) is 192 Å². The fraction of sp³-hybridized carbons (Fsp3) is 0.769. The fourth-order valence-corrected chi connectivity index (χ4v) is 6.50. The summed E-state index contributed by atoms with van der Waals surface area (Å²) >= 11 is 0. The van der Waals surface area contributed by atoms with Crippen LogP contribution in [0.25, 0.3) is 0 Å². The van der Waals surface area contributed by atoms with Gasteiger partial charge in [-0.2, -0.15) is 0 Å².